The summed E-state index contributed by atoms with van der Waals surface area (Å²) >= 11 is 0. The first-order valence-corrected chi connectivity index (χ1v) is 7.44. The van der Waals surface area contributed by atoms with Crippen molar-refractivity contribution in [1.82, 2.24) is 10.4 Å². The first kappa shape index (κ1) is 16.7. The van der Waals surface area contributed by atoms with Crippen molar-refractivity contribution in [2.24, 2.45) is 0 Å². The van der Waals surface area contributed by atoms with E-state index in [4.69, 9.17) is 0 Å². The maximum Gasteiger partial charge on any atom is 0.410 e. The summed E-state index contributed by atoms with van der Waals surface area (Å²) in [5, 5.41) is 1.44. The zero-order valence-corrected chi connectivity index (χ0v) is 13.1. The van der Waals surface area contributed by atoms with Crippen molar-refractivity contribution in [2.75, 3.05) is 0 Å². The number of nitrogens with one attached hydrogen (secondary N) is 1. The van der Waals surface area contributed by atoms with Crippen LogP contribution in [0.2, 0.25) is 0 Å². The van der Waals surface area contributed by atoms with Gasteiger partial charge in [-0.1, -0.05) is 36.4 Å². The lowest BCUT2D eigenvalue weighted by Crippen LogP contribution is -2.51. The van der Waals surface area contributed by atoms with Gasteiger partial charge < -0.3 is 0 Å². The molecule has 0 aliphatic carbocycles. The predicted octanol–water partition coefficient (Wildman–Crippen LogP) is 4.10. The van der Waals surface area contributed by atoms with Crippen LogP contribution < -0.4 is 5.43 Å². The Bertz CT molecular complexity index is 801. The van der Waals surface area contributed by atoms with Crippen molar-refractivity contribution in [3.8, 4) is 0 Å². The van der Waals surface area contributed by atoms with Crippen LogP contribution in [-0.4, -0.2) is 22.6 Å². The van der Waals surface area contributed by atoms with Gasteiger partial charge in [0, 0.05) is 22.9 Å². The molecule has 0 aromatic heterocycles. The van der Waals surface area contributed by atoms with E-state index in [1.807, 2.05) is 0 Å². The van der Waals surface area contributed by atoms with E-state index < -0.39 is 35.0 Å². The van der Waals surface area contributed by atoms with Crippen LogP contribution in [0.1, 0.15) is 31.9 Å². The molecule has 1 saturated heterocycles. The fourth-order valence-electron chi connectivity index (χ4n) is 3.14. The number of alkyl halides is 3. The molecule has 2 aromatic rings. The molecule has 1 N–H and O–H groups in total. The minimum Gasteiger partial charge on any atom is -0.287 e. The topological polar surface area (TPSA) is 32.3 Å². The average molecular weight is 340 g/mol. The molecule has 0 spiro atoms. The Hall–Kier alpha value is -2.15. The van der Waals surface area contributed by atoms with Crippen molar-refractivity contribution in [2.45, 2.75) is 38.0 Å². The van der Waals surface area contributed by atoms with Crippen LogP contribution in [0.3, 0.4) is 0 Å². The maximum atomic E-state index is 14.8. The van der Waals surface area contributed by atoms with E-state index in [1.165, 1.54) is 26.0 Å². The lowest BCUT2D eigenvalue weighted by Gasteiger charge is -2.38. The molecular formula is C17H16F4N2O. The van der Waals surface area contributed by atoms with Crippen LogP contribution in [0.4, 0.5) is 17.6 Å². The van der Waals surface area contributed by atoms with E-state index >= 15 is 0 Å². The minimum absolute atomic E-state index is 0.0885. The zero-order valence-electron chi connectivity index (χ0n) is 13.1. The molecule has 0 bridgehead atoms. The largest absolute Gasteiger partial charge is 0.410 e. The summed E-state index contributed by atoms with van der Waals surface area (Å²) in [6, 6.07) is 6.66. The van der Waals surface area contributed by atoms with E-state index in [1.54, 1.807) is 18.2 Å². The van der Waals surface area contributed by atoms with Gasteiger partial charge in [0.05, 0.1) is 0 Å². The fraction of sp³-hybridized carbons (Fsp3) is 0.353. The Balaban J connectivity index is 2.18. The Kier molecular flexibility index (Phi) is 3.79. The van der Waals surface area contributed by atoms with Gasteiger partial charge in [0.1, 0.15) is 5.82 Å². The molecule has 3 nitrogen and oxygen atoms in total. The molecule has 1 fully saturated rings. The molecule has 1 aliphatic heterocycles. The molecule has 1 amide bonds. The highest BCUT2D eigenvalue weighted by Gasteiger charge is 2.53. The van der Waals surface area contributed by atoms with Gasteiger partial charge in [-0.2, -0.15) is 18.2 Å². The van der Waals surface area contributed by atoms with Gasteiger partial charge in [0.2, 0.25) is 5.91 Å². The number of halogens is 4. The number of carbonyl (C=O) groups is 1. The molecule has 0 radical (unpaired) electrons. The summed E-state index contributed by atoms with van der Waals surface area (Å²) in [4.78, 5) is 11.6. The number of hydrogen-bond donors (Lipinski definition) is 1. The van der Waals surface area contributed by atoms with Crippen molar-refractivity contribution in [1.29, 1.82) is 0 Å². The highest BCUT2D eigenvalue weighted by atomic mass is 19.4. The van der Waals surface area contributed by atoms with E-state index in [0.29, 0.717) is 5.39 Å². The van der Waals surface area contributed by atoms with Crippen LogP contribution in [0.25, 0.3) is 10.8 Å². The van der Waals surface area contributed by atoms with E-state index in [2.05, 4.69) is 5.43 Å². The van der Waals surface area contributed by atoms with E-state index in [9.17, 15) is 22.4 Å². The summed E-state index contributed by atoms with van der Waals surface area (Å²) in [7, 11) is 0. The highest BCUT2D eigenvalue weighted by Crippen LogP contribution is 2.44. The molecule has 1 unspecified atom stereocenters. The van der Waals surface area contributed by atoms with Crippen LogP contribution in [0.5, 0.6) is 0 Å². The van der Waals surface area contributed by atoms with Gasteiger partial charge in [0.25, 0.3) is 0 Å². The first-order valence-electron chi connectivity index (χ1n) is 7.44. The molecular weight excluding hydrogens is 324 g/mol. The number of carbonyl (C=O) groups excluding carboxylic acids is 1. The third-order valence-corrected chi connectivity index (χ3v) is 4.25. The molecule has 128 valence electrons. The van der Waals surface area contributed by atoms with Crippen molar-refractivity contribution >= 4 is 16.7 Å². The number of fused-ring (bicyclic) bond motifs is 1. The SMILES string of the molecule is CC1(C)CC(=O)NN1C(c1ccc2ccccc2c1F)C(F)(F)F. The highest BCUT2D eigenvalue weighted by molar-refractivity contribution is 5.84. The fourth-order valence-corrected chi connectivity index (χ4v) is 3.14. The number of benzene rings is 2. The standard InChI is InChI=1S/C17H16F4N2O/c1-16(2)9-13(24)22-23(16)15(17(19,20)21)12-8-7-10-5-3-4-6-11(10)14(12)18/h3-8,15H,9H2,1-2H3,(H,22,24). The number of rotatable bonds is 2. The number of amides is 1. The third-order valence-electron chi connectivity index (χ3n) is 4.25. The van der Waals surface area contributed by atoms with Crippen LogP contribution in [-0.2, 0) is 4.79 Å². The Morgan fingerprint density at radius 2 is 1.83 bits per heavy atom. The molecule has 1 aliphatic rings. The Morgan fingerprint density at radius 3 is 2.42 bits per heavy atom. The molecule has 0 saturated carbocycles. The molecule has 1 heterocycles. The van der Waals surface area contributed by atoms with Crippen LogP contribution in [0.15, 0.2) is 36.4 Å². The van der Waals surface area contributed by atoms with Crippen LogP contribution in [0, 0.1) is 5.82 Å². The second-order valence-corrected chi connectivity index (χ2v) is 6.53. The zero-order chi connectivity index (χ0) is 17.7. The average Bonchev–Trinajstić information content (AvgIpc) is 2.73. The minimum atomic E-state index is -4.75. The second kappa shape index (κ2) is 5.44. The maximum absolute atomic E-state index is 14.8. The lowest BCUT2D eigenvalue weighted by atomic mass is 9.95. The number of nitrogens with zero attached hydrogens (tertiary/aromatic N) is 1. The van der Waals surface area contributed by atoms with Gasteiger partial charge in [-0.3, -0.25) is 10.2 Å². The summed E-state index contributed by atoms with van der Waals surface area (Å²) in [6.45, 7) is 3.03. The predicted molar refractivity (Wildman–Crippen MR) is 81.4 cm³/mol. The van der Waals surface area contributed by atoms with Gasteiger partial charge in [-0.15, -0.1) is 0 Å². The summed E-state index contributed by atoms with van der Waals surface area (Å²) in [6.07, 6.45) is -4.84. The molecule has 7 heteroatoms. The summed E-state index contributed by atoms with van der Waals surface area (Å²) < 4.78 is 56.1. The van der Waals surface area contributed by atoms with E-state index in [0.717, 1.165) is 11.1 Å². The molecule has 2 aromatic carbocycles. The van der Waals surface area contributed by atoms with Crippen molar-refractivity contribution in [3.05, 3.63) is 47.8 Å². The summed E-state index contributed by atoms with van der Waals surface area (Å²) in [5.74, 6) is -1.44. The first-order chi connectivity index (χ1) is 11.1. The second-order valence-electron chi connectivity index (χ2n) is 6.53. The number of hydrogen-bond acceptors (Lipinski definition) is 2. The smallest absolute Gasteiger partial charge is 0.287 e. The van der Waals surface area contributed by atoms with Gasteiger partial charge in [0.15, 0.2) is 6.04 Å². The Labute approximate surface area is 136 Å². The van der Waals surface area contributed by atoms with E-state index in [-0.39, 0.29) is 11.8 Å². The van der Waals surface area contributed by atoms with Crippen molar-refractivity contribution in [3.63, 3.8) is 0 Å². The molecule has 3 rings (SSSR count). The third kappa shape index (κ3) is 2.73. The van der Waals surface area contributed by atoms with Gasteiger partial charge in [-0.25, -0.2) is 4.39 Å². The number of hydrazine groups is 1. The van der Waals surface area contributed by atoms with Gasteiger partial charge >= 0.3 is 6.18 Å². The van der Waals surface area contributed by atoms with Crippen molar-refractivity contribution < 1.29 is 22.4 Å². The molecule has 24 heavy (non-hydrogen) atoms. The Morgan fingerprint density at radius 1 is 1.17 bits per heavy atom. The lowest BCUT2D eigenvalue weighted by molar-refractivity contribution is -0.204. The summed E-state index contributed by atoms with van der Waals surface area (Å²) in [5.41, 5.74) is 0.641. The quantitative estimate of drug-likeness (QED) is 0.835. The van der Waals surface area contributed by atoms with Gasteiger partial charge in [-0.05, 0) is 19.2 Å². The normalized spacial score (nSPS) is 19.5. The van der Waals surface area contributed by atoms with Crippen LogP contribution >= 0.6 is 0 Å². The molecule has 1 atom stereocenters. The monoisotopic (exact) mass is 340 g/mol.